The zero-order chi connectivity index (χ0) is 21.3. The van der Waals surface area contributed by atoms with E-state index in [0.717, 1.165) is 17.0 Å². The van der Waals surface area contributed by atoms with Crippen molar-refractivity contribution < 1.29 is 14.3 Å². The topological polar surface area (TPSA) is 63.6 Å². The second-order valence-electron chi connectivity index (χ2n) is 6.79. The van der Waals surface area contributed by atoms with Crippen molar-refractivity contribution in [3.63, 3.8) is 0 Å². The molecule has 1 aliphatic rings. The van der Waals surface area contributed by atoms with Crippen molar-refractivity contribution in [2.24, 2.45) is 0 Å². The molecule has 4 rings (SSSR count). The first-order valence-electron chi connectivity index (χ1n) is 9.28. The van der Waals surface area contributed by atoms with E-state index in [9.17, 15) is 9.59 Å². The van der Waals surface area contributed by atoms with Crippen LogP contribution in [0.15, 0.2) is 72.4 Å². The Balaban J connectivity index is 1.71. The molecule has 1 aliphatic heterocycles. The van der Waals surface area contributed by atoms with Crippen LogP contribution in [0.5, 0.6) is 5.75 Å². The number of methoxy groups -OCH3 is 1. The van der Waals surface area contributed by atoms with Crippen LogP contribution in [0.3, 0.4) is 0 Å². The molecular formula is C23H19N3O3S. The number of thiocarbonyl (C=S) groups is 1. The predicted molar refractivity (Wildman–Crippen MR) is 120 cm³/mol. The van der Waals surface area contributed by atoms with Gasteiger partial charge in [0.1, 0.15) is 11.3 Å². The average Bonchev–Trinajstić information content (AvgIpc) is 3.20. The first-order chi connectivity index (χ1) is 14.5. The van der Waals surface area contributed by atoms with Crippen molar-refractivity contribution in [3.8, 4) is 11.4 Å². The summed E-state index contributed by atoms with van der Waals surface area (Å²) in [5.41, 5.74) is 3.24. The third-order valence-corrected chi connectivity index (χ3v) is 5.10. The van der Waals surface area contributed by atoms with Gasteiger partial charge in [0.2, 0.25) is 0 Å². The zero-order valence-electron chi connectivity index (χ0n) is 16.5. The molecule has 2 amide bonds. The van der Waals surface area contributed by atoms with Crippen LogP contribution in [-0.2, 0) is 9.59 Å². The van der Waals surface area contributed by atoms with Crippen LogP contribution in [-0.4, -0.2) is 28.6 Å². The average molecular weight is 417 g/mol. The molecule has 0 unspecified atom stereocenters. The molecule has 1 saturated heterocycles. The van der Waals surface area contributed by atoms with Crippen LogP contribution in [0.1, 0.15) is 11.3 Å². The van der Waals surface area contributed by atoms with Gasteiger partial charge in [0.25, 0.3) is 11.8 Å². The number of ether oxygens (including phenoxy) is 1. The Kier molecular flexibility index (Phi) is 5.20. The minimum absolute atomic E-state index is 0.0117. The quantitative estimate of drug-likeness (QED) is 0.400. The molecule has 0 bridgehead atoms. The molecule has 1 N–H and O–H groups in total. The summed E-state index contributed by atoms with van der Waals surface area (Å²) < 4.78 is 7.09. The number of carbonyl (C=O) groups is 2. The number of hydrogen-bond acceptors (Lipinski definition) is 4. The highest BCUT2D eigenvalue weighted by Crippen LogP contribution is 2.24. The third-order valence-electron chi connectivity index (χ3n) is 4.82. The maximum absolute atomic E-state index is 13.2. The van der Waals surface area contributed by atoms with E-state index in [-0.39, 0.29) is 10.7 Å². The second-order valence-corrected chi connectivity index (χ2v) is 7.18. The molecule has 7 heteroatoms. The van der Waals surface area contributed by atoms with E-state index in [0.29, 0.717) is 11.4 Å². The maximum atomic E-state index is 13.2. The lowest BCUT2D eigenvalue weighted by atomic mass is 10.1. The highest BCUT2D eigenvalue weighted by atomic mass is 32.1. The summed E-state index contributed by atoms with van der Waals surface area (Å²) in [5.74, 6) is -0.235. The van der Waals surface area contributed by atoms with E-state index in [1.165, 1.54) is 4.90 Å². The molecule has 0 spiro atoms. The van der Waals surface area contributed by atoms with Gasteiger partial charge in [-0.2, -0.15) is 0 Å². The molecule has 0 atom stereocenters. The Labute approximate surface area is 179 Å². The minimum atomic E-state index is -0.518. The number of nitrogens with zero attached hydrogens (tertiary/aromatic N) is 2. The largest absolute Gasteiger partial charge is 0.497 e. The van der Waals surface area contributed by atoms with Gasteiger partial charge in [-0.15, -0.1) is 0 Å². The Morgan fingerprint density at radius 2 is 1.63 bits per heavy atom. The van der Waals surface area contributed by atoms with E-state index in [1.807, 2.05) is 66.2 Å². The number of hydrogen-bond donors (Lipinski definition) is 1. The number of nitrogens with one attached hydrogen (secondary N) is 1. The maximum Gasteiger partial charge on any atom is 0.270 e. The Morgan fingerprint density at radius 1 is 0.967 bits per heavy atom. The predicted octanol–water partition coefficient (Wildman–Crippen LogP) is 3.63. The Bertz CT molecular complexity index is 1160. The number of carbonyl (C=O) groups excluding carboxylic acids is 2. The fourth-order valence-corrected chi connectivity index (χ4v) is 3.50. The number of amides is 2. The van der Waals surface area contributed by atoms with E-state index >= 15 is 0 Å². The number of benzene rings is 2. The molecule has 0 radical (unpaired) electrons. The highest BCUT2D eigenvalue weighted by molar-refractivity contribution is 7.80. The summed E-state index contributed by atoms with van der Waals surface area (Å²) in [6.07, 6.45) is 3.44. The number of rotatable bonds is 4. The summed E-state index contributed by atoms with van der Waals surface area (Å²) in [7, 11) is 1.61. The standard InChI is InChI=1S/C23H19N3O3S/c1-15-5-7-17(8-6-15)26-22(28)20(21(27)24-23(26)30)14-18-4-3-13-25(18)16-9-11-19(29-2)12-10-16/h3-14H,1-2H3,(H,24,27,30)/b20-14+. The van der Waals surface area contributed by atoms with Gasteiger partial charge < -0.3 is 9.30 Å². The SMILES string of the molecule is COc1ccc(-n2cccc2/C=C2\C(=O)NC(=S)N(c3ccc(C)cc3)C2=O)cc1. The normalized spacial score (nSPS) is 15.5. The van der Waals surface area contributed by atoms with E-state index < -0.39 is 11.8 Å². The number of anilines is 1. The van der Waals surface area contributed by atoms with Crippen molar-refractivity contribution in [1.82, 2.24) is 9.88 Å². The summed E-state index contributed by atoms with van der Waals surface area (Å²) in [5, 5.41) is 2.68. The van der Waals surface area contributed by atoms with Gasteiger partial charge >= 0.3 is 0 Å². The summed E-state index contributed by atoms with van der Waals surface area (Å²) in [6.45, 7) is 1.96. The van der Waals surface area contributed by atoms with Crippen LogP contribution in [0.4, 0.5) is 5.69 Å². The lowest BCUT2D eigenvalue weighted by molar-refractivity contribution is -0.122. The van der Waals surface area contributed by atoms with Gasteiger partial charge in [-0.3, -0.25) is 19.8 Å². The van der Waals surface area contributed by atoms with E-state index in [2.05, 4.69) is 5.32 Å². The third kappa shape index (κ3) is 3.62. The van der Waals surface area contributed by atoms with Crippen LogP contribution < -0.4 is 15.0 Å². The van der Waals surface area contributed by atoms with Gasteiger partial charge in [0.05, 0.1) is 12.8 Å². The summed E-state index contributed by atoms with van der Waals surface area (Å²) >= 11 is 5.25. The van der Waals surface area contributed by atoms with Crippen molar-refractivity contribution in [2.45, 2.75) is 6.92 Å². The van der Waals surface area contributed by atoms with Crippen molar-refractivity contribution in [3.05, 3.63) is 83.7 Å². The van der Waals surface area contributed by atoms with Crippen molar-refractivity contribution in [1.29, 1.82) is 0 Å². The number of aryl methyl sites for hydroxylation is 1. The smallest absolute Gasteiger partial charge is 0.270 e. The lowest BCUT2D eigenvalue weighted by Crippen LogP contribution is -2.54. The van der Waals surface area contributed by atoms with Gasteiger partial charge in [-0.05, 0) is 73.7 Å². The fraction of sp³-hybridized carbons (Fsp3) is 0.0870. The fourth-order valence-electron chi connectivity index (χ4n) is 3.22. The zero-order valence-corrected chi connectivity index (χ0v) is 17.3. The van der Waals surface area contributed by atoms with Gasteiger partial charge in [-0.1, -0.05) is 17.7 Å². The molecule has 0 saturated carbocycles. The monoisotopic (exact) mass is 417 g/mol. The second kappa shape index (κ2) is 7.96. The van der Waals surface area contributed by atoms with Crippen LogP contribution in [0, 0.1) is 6.92 Å². The molecule has 150 valence electrons. The molecule has 30 heavy (non-hydrogen) atoms. The van der Waals surface area contributed by atoms with Crippen molar-refractivity contribution in [2.75, 3.05) is 12.0 Å². The van der Waals surface area contributed by atoms with Gasteiger partial charge in [-0.25, -0.2) is 0 Å². The van der Waals surface area contributed by atoms with Crippen LogP contribution in [0.2, 0.25) is 0 Å². The molecule has 3 aromatic rings. The molecule has 2 aromatic carbocycles. The van der Waals surface area contributed by atoms with Crippen LogP contribution >= 0.6 is 12.2 Å². The van der Waals surface area contributed by atoms with E-state index in [1.54, 1.807) is 25.3 Å². The summed E-state index contributed by atoms with van der Waals surface area (Å²) in [4.78, 5) is 27.1. The lowest BCUT2D eigenvalue weighted by Gasteiger charge is -2.29. The van der Waals surface area contributed by atoms with E-state index in [4.69, 9.17) is 17.0 Å². The first kappa shape index (κ1) is 19.6. The molecule has 1 aromatic heterocycles. The first-order valence-corrected chi connectivity index (χ1v) is 9.68. The Morgan fingerprint density at radius 3 is 2.30 bits per heavy atom. The molecular weight excluding hydrogens is 398 g/mol. The van der Waals surface area contributed by atoms with Crippen LogP contribution in [0.25, 0.3) is 11.8 Å². The highest BCUT2D eigenvalue weighted by Gasteiger charge is 2.34. The molecule has 1 fully saturated rings. The number of aromatic nitrogens is 1. The van der Waals surface area contributed by atoms with Crippen molar-refractivity contribution >= 4 is 40.9 Å². The minimum Gasteiger partial charge on any atom is -0.497 e. The molecule has 0 aliphatic carbocycles. The van der Waals surface area contributed by atoms with Gasteiger partial charge in [0.15, 0.2) is 5.11 Å². The Hall–Kier alpha value is -3.71. The van der Waals surface area contributed by atoms with Gasteiger partial charge in [0, 0.05) is 17.6 Å². The molecule has 2 heterocycles. The molecule has 6 nitrogen and oxygen atoms in total. The summed E-state index contributed by atoms with van der Waals surface area (Å²) in [6, 6.07) is 18.6.